The number of hydrogen-bond acceptors (Lipinski definition) is 1. The third-order valence-corrected chi connectivity index (χ3v) is 0.916. The average Bonchev–Trinajstić information content (AvgIpc) is 1.61. The Morgan fingerprint density at radius 1 is 1.62 bits per heavy atom. The van der Waals surface area contributed by atoms with Gasteiger partial charge in [0.2, 0.25) is 5.24 Å². The van der Waals surface area contributed by atoms with Gasteiger partial charge in [0.25, 0.3) is 0 Å². The van der Waals surface area contributed by atoms with Crippen molar-refractivity contribution in [2.75, 3.05) is 0 Å². The molecule has 0 atom stereocenters. The summed E-state index contributed by atoms with van der Waals surface area (Å²) in [6, 6.07) is 0. The molecule has 0 aliphatic rings. The Morgan fingerprint density at radius 3 is 2.25 bits per heavy atom. The number of halogens is 2. The number of carbonyl (C=O) groups is 1. The van der Waals surface area contributed by atoms with E-state index >= 15 is 0 Å². The van der Waals surface area contributed by atoms with Crippen LogP contribution in [0.4, 0.5) is 0 Å². The van der Waals surface area contributed by atoms with E-state index in [0.717, 1.165) is 12.8 Å². The van der Waals surface area contributed by atoms with Gasteiger partial charge in [-0.05, 0) is 18.0 Å². The molecular formula is C5H10BrClO. The summed E-state index contributed by atoms with van der Waals surface area (Å²) < 4.78 is 0. The molecule has 0 aromatic rings. The monoisotopic (exact) mass is 200 g/mol. The van der Waals surface area contributed by atoms with Crippen LogP contribution in [0.2, 0.25) is 0 Å². The third kappa shape index (κ3) is 9.67. The molecule has 1 nitrogen and oxygen atoms in total. The predicted octanol–water partition coefficient (Wildman–Crippen LogP) is 2.52. The lowest BCUT2D eigenvalue weighted by molar-refractivity contribution is -0.111. The van der Waals surface area contributed by atoms with Crippen molar-refractivity contribution in [1.82, 2.24) is 0 Å². The lowest BCUT2D eigenvalue weighted by Crippen LogP contribution is -1.82. The van der Waals surface area contributed by atoms with Crippen LogP contribution in [0.25, 0.3) is 0 Å². The molecule has 0 heterocycles. The number of unbranched alkanes of at least 4 members (excludes halogenated alkanes) is 1. The van der Waals surface area contributed by atoms with E-state index in [0.29, 0.717) is 6.42 Å². The van der Waals surface area contributed by atoms with Gasteiger partial charge in [0.05, 0.1) is 0 Å². The second kappa shape index (κ2) is 7.44. The number of hydrogen-bond donors (Lipinski definition) is 0. The van der Waals surface area contributed by atoms with Crippen molar-refractivity contribution in [2.45, 2.75) is 26.2 Å². The van der Waals surface area contributed by atoms with Crippen LogP contribution >= 0.6 is 28.6 Å². The van der Waals surface area contributed by atoms with Gasteiger partial charge in [-0.25, -0.2) is 0 Å². The fourth-order valence-corrected chi connectivity index (χ4v) is 0.449. The van der Waals surface area contributed by atoms with Crippen LogP contribution in [-0.2, 0) is 4.79 Å². The molecule has 0 aromatic heterocycles. The van der Waals surface area contributed by atoms with Crippen LogP contribution in [0.5, 0.6) is 0 Å². The quantitative estimate of drug-likeness (QED) is 0.641. The normalized spacial score (nSPS) is 7.75. The Morgan fingerprint density at radius 2 is 2.12 bits per heavy atom. The summed E-state index contributed by atoms with van der Waals surface area (Å²) >= 11 is 5.02. The van der Waals surface area contributed by atoms with E-state index in [4.69, 9.17) is 11.6 Å². The lowest BCUT2D eigenvalue weighted by atomic mass is 10.3. The topological polar surface area (TPSA) is 17.1 Å². The van der Waals surface area contributed by atoms with E-state index < -0.39 is 0 Å². The minimum Gasteiger partial charge on any atom is -0.281 e. The Hall–Kier alpha value is 0.440. The van der Waals surface area contributed by atoms with Crippen molar-refractivity contribution < 1.29 is 4.79 Å². The molecule has 0 spiro atoms. The van der Waals surface area contributed by atoms with Gasteiger partial charge in [-0.2, -0.15) is 0 Å². The molecule has 0 N–H and O–H groups in total. The van der Waals surface area contributed by atoms with Crippen molar-refractivity contribution in [1.29, 1.82) is 0 Å². The lowest BCUT2D eigenvalue weighted by Gasteiger charge is -1.84. The summed E-state index contributed by atoms with van der Waals surface area (Å²) in [6.07, 6.45) is 2.48. The molecule has 0 saturated carbocycles. The molecule has 8 heavy (non-hydrogen) atoms. The fourth-order valence-electron chi connectivity index (χ4n) is 0.316. The van der Waals surface area contributed by atoms with Gasteiger partial charge >= 0.3 is 0 Å². The summed E-state index contributed by atoms with van der Waals surface area (Å²) in [6.45, 7) is 2.03. The van der Waals surface area contributed by atoms with E-state index in [9.17, 15) is 4.79 Å². The van der Waals surface area contributed by atoms with Gasteiger partial charge in [-0.1, -0.05) is 13.3 Å². The first-order valence-corrected chi connectivity index (χ1v) is 2.83. The maximum absolute atomic E-state index is 9.97. The molecule has 3 heteroatoms. The first-order valence-electron chi connectivity index (χ1n) is 2.45. The standard InChI is InChI=1S/C5H9ClO.BrH/c1-2-3-4-5(6)7;/h2-4H2,1H3;1H. The summed E-state index contributed by atoms with van der Waals surface area (Å²) in [4.78, 5) is 9.97. The summed E-state index contributed by atoms with van der Waals surface area (Å²) in [5.74, 6) is 0. The van der Waals surface area contributed by atoms with Crippen LogP contribution in [-0.4, -0.2) is 5.24 Å². The molecule has 0 aliphatic carbocycles. The fraction of sp³-hybridized carbons (Fsp3) is 0.800. The largest absolute Gasteiger partial charge is 0.281 e. The van der Waals surface area contributed by atoms with Crippen molar-refractivity contribution in [3.05, 3.63) is 0 Å². The zero-order valence-electron chi connectivity index (χ0n) is 4.82. The molecule has 0 amide bonds. The summed E-state index contributed by atoms with van der Waals surface area (Å²) in [7, 11) is 0. The Kier molecular flexibility index (Phi) is 10.5. The van der Waals surface area contributed by atoms with Crippen molar-refractivity contribution in [3.63, 3.8) is 0 Å². The zero-order valence-corrected chi connectivity index (χ0v) is 7.28. The molecular weight excluding hydrogens is 191 g/mol. The van der Waals surface area contributed by atoms with E-state index in [1.54, 1.807) is 0 Å². The van der Waals surface area contributed by atoms with Gasteiger partial charge in [0, 0.05) is 6.42 Å². The molecule has 0 bridgehead atoms. The number of rotatable bonds is 3. The van der Waals surface area contributed by atoms with E-state index in [1.165, 1.54) is 0 Å². The van der Waals surface area contributed by atoms with Crippen LogP contribution in [0.15, 0.2) is 0 Å². The average molecular weight is 201 g/mol. The van der Waals surface area contributed by atoms with Crippen molar-refractivity contribution in [2.24, 2.45) is 0 Å². The van der Waals surface area contributed by atoms with Crippen molar-refractivity contribution in [3.8, 4) is 0 Å². The molecule has 0 saturated heterocycles. The summed E-state index contributed by atoms with van der Waals surface area (Å²) in [5.41, 5.74) is 0. The molecule has 0 aliphatic heterocycles. The summed E-state index contributed by atoms with van der Waals surface area (Å²) in [5, 5.41) is -0.221. The second-order valence-electron chi connectivity index (χ2n) is 1.46. The highest BCUT2D eigenvalue weighted by Crippen LogP contribution is 1.96. The van der Waals surface area contributed by atoms with Gasteiger partial charge in [0.15, 0.2) is 0 Å². The highest BCUT2D eigenvalue weighted by atomic mass is 79.9. The van der Waals surface area contributed by atoms with E-state index in [2.05, 4.69) is 0 Å². The zero-order chi connectivity index (χ0) is 5.70. The molecule has 0 fully saturated rings. The Balaban J connectivity index is 0. The second-order valence-corrected chi connectivity index (χ2v) is 1.88. The van der Waals surface area contributed by atoms with E-state index in [1.807, 2.05) is 6.92 Å². The van der Waals surface area contributed by atoms with Gasteiger partial charge < -0.3 is 0 Å². The number of carbonyl (C=O) groups excluding carboxylic acids is 1. The predicted molar refractivity (Wildman–Crippen MR) is 40.7 cm³/mol. The highest BCUT2D eigenvalue weighted by Gasteiger charge is 1.90. The van der Waals surface area contributed by atoms with Gasteiger partial charge in [0.1, 0.15) is 0 Å². The van der Waals surface area contributed by atoms with Gasteiger partial charge in [-0.3, -0.25) is 4.79 Å². The molecule has 50 valence electrons. The maximum Gasteiger partial charge on any atom is 0.221 e. The minimum atomic E-state index is -0.221. The first-order chi connectivity index (χ1) is 3.27. The highest BCUT2D eigenvalue weighted by molar-refractivity contribution is 8.93. The smallest absolute Gasteiger partial charge is 0.221 e. The molecule has 0 unspecified atom stereocenters. The molecule has 0 aromatic carbocycles. The van der Waals surface area contributed by atoms with E-state index in [-0.39, 0.29) is 22.2 Å². The molecule has 0 radical (unpaired) electrons. The van der Waals surface area contributed by atoms with Crippen LogP contribution in [0.3, 0.4) is 0 Å². The maximum atomic E-state index is 9.97. The Labute approximate surface area is 65.2 Å². The Bertz CT molecular complexity index is 65.4. The minimum absolute atomic E-state index is 0. The van der Waals surface area contributed by atoms with Crippen LogP contribution < -0.4 is 0 Å². The van der Waals surface area contributed by atoms with Crippen LogP contribution in [0, 0.1) is 0 Å². The first kappa shape index (κ1) is 11.3. The SMILES string of the molecule is Br.CCCCC(=O)Cl. The van der Waals surface area contributed by atoms with Crippen LogP contribution in [0.1, 0.15) is 26.2 Å². The third-order valence-electron chi connectivity index (χ3n) is 0.727. The van der Waals surface area contributed by atoms with Gasteiger partial charge in [-0.15, -0.1) is 17.0 Å². The van der Waals surface area contributed by atoms with Crippen molar-refractivity contribution >= 4 is 33.8 Å². The molecule has 0 rings (SSSR count).